The van der Waals surface area contributed by atoms with Gasteiger partial charge in [-0.25, -0.2) is 0 Å². The van der Waals surface area contributed by atoms with E-state index in [9.17, 15) is 0 Å². The molecule has 9 aromatic carbocycles. The van der Waals surface area contributed by atoms with Crippen LogP contribution >= 0.6 is 0 Å². The molecule has 246 valence electrons. The predicted molar refractivity (Wildman–Crippen MR) is 222 cm³/mol. The molecule has 0 N–H and O–H groups in total. The fraction of sp³-hybridized carbons (Fsp3) is 0.115. The van der Waals surface area contributed by atoms with E-state index < -0.39 is 0 Å². The smallest absolute Gasteiger partial charge is 0.0165 e. The molecule has 0 atom stereocenters. The quantitative estimate of drug-likeness (QED) is 0.162. The van der Waals surface area contributed by atoms with Crippen molar-refractivity contribution in [2.45, 2.75) is 38.5 Å². The number of fused-ring (bicyclic) bond motifs is 12. The molecule has 9 aromatic rings. The second kappa shape index (κ2) is 10.3. The van der Waals surface area contributed by atoms with Crippen LogP contribution in [0.25, 0.3) is 87.6 Å². The number of hydrogen-bond donors (Lipinski definition) is 0. The lowest BCUT2D eigenvalue weighted by molar-refractivity contribution is 0.661. The molecule has 0 unspecified atom stereocenters. The molecule has 0 amide bonds. The molecule has 0 nitrogen and oxygen atoms in total. The molecule has 0 saturated carbocycles. The predicted octanol–water partition coefficient (Wildman–Crippen LogP) is 14.2. The van der Waals surface area contributed by atoms with E-state index in [0.717, 1.165) is 0 Å². The van der Waals surface area contributed by atoms with Crippen LogP contribution in [0.15, 0.2) is 158 Å². The first-order valence-electron chi connectivity index (χ1n) is 18.6. The van der Waals surface area contributed by atoms with Gasteiger partial charge in [0.2, 0.25) is 0 Å². The Morgan fingerprint density at radius 3 is 1.46 bits per heavy atom. The Morgan fingerprint density at radius 1 is 0.288 bits per heavy atom. The van der Waals surface area contributed by atoms with Crippen molar-refractivity contribution in [2.24, 2.45) is 0 Å². The van der Waals surface area contributed by atoms with Crippen LogP contribution in [0.1, 0.15) is 49.9 Å². The van der Waals surface area contributed by atoms with Crippen molar-refractivity contribution >= 4 is 43.1 Å². The maximum Gasteiger partial charge on any atom is 0.0165 e. The van der Waals surface area contributed by atoms with Crippen LogP contribution in [0.3, 0.4) is 0 Å². The minimum Gasteiger partial charge on any atom is -0.0619 e. The highest BCUT2D eigenvalue weighted by Crippen LogP contribution is 2.58. The van der Waals surface area contributed by atoms with Gasteiger partial charge in [0.15, 0.2) is 0 Å². The molecule has 0 saturated heterocycles. The van der Waals surface area contributed by atoms with E-state index in [2.05, 4.69) is 185 Å². The van der Waals surface area contributed by atoms with Crippen LogP contribution in [0.4, 0.5) is 0 Å². The van der Waals surface area contributed by atoms with Gasteiger partial charge in [-0.3, -0.25) is 0 Å². The number of rotatable bonds is 2. The number of hydrogen-bond acceptors (Lipinski definition) is 0. The highest BCUT2D eigenvalue weighted by molar-refractivity contribution is 6.25. The average Bonchev–Trinajstić information content (AvgIpc) is 3.56. The van der Waals surface area contributed by atoms with Crippen molar-refractivity contribution in [3.63, 3.8) is 0 Å². The Hall–Kier alpha value is -5.98. The lowest BCUT2D eigenvalue weighted by atomic mass is 9.78. The second-order valence-corrected chi connectivity index (χ2v) is 16.0. The standard InChI is InChI=1S/C52H38/c1-51(2)43-26-14-13-24-39(43)48-34-19-8-7-18-33(34)42(30-45(48)51)47-37-22-11-9-20-35(37)46(36-21-10-12-23-38(36)47)40-25-15-27-44-49(40)41-29-28-31-16-5-6-17-32(31)50(41)52(44,3)4/h5-30H,1-4H3. The van der Waals surface area contributed by atoms with Crippen LogP contribution in [0, 0.1) is 0 Å². The minimum absolute atomic E-state index is 0.106. The van der Waals surface area contributed by atoms with E-state index in [-0.39, 0.29) is 10.8 Å². The van der Waals surface area contributed by atoms with E-state index >= 15 is 0 Å². The summed E-state index contributed by atoms with van der Waals surface area (Å²) in [5.74, 6) is 0. The highest BCUT2D eigenvalue weighted by Gasteiger charge is 2.40. The minimum atomic E-state index is -0.124. The molecule has 2 aliphatic rings. The molecule has 2 aliphatic carbocycles. The molecule has 0 radical (unpaired) electrons. The van der Waals surface area contributed by atoms with E-state index in [0.29, 0.717) is 0 Å². The molecular weight excluding hydrogens is 625 g/mol. The third-order valence-electron chi connectivity index (χ3n) is 12.6. The van der Waals surface area contributed by atoms with Crippen molar-refractivity contribution < 1.29 is 0 Å². The Labute approximate surface area is 305 Å². The topological polar surface area (TPSA) is 0 Å². The molecule has 0 heterocycles. The maximum absolute atomic E-state index is 2.54. The molecule has 0 aromatic heterocycles. The Balaban J connectivity index is 1.26. The summed E-state index contributed by atoms with van der Waals surface area (Å²) in [6, 6.07) is 59.6. The van der Waals surface area contributed by atoms with E-state index in [4.69, 9.17) is 0 Å². The third-order valence-corrected chi connectivity index (χ3v) is 12.6. The zero-order valence-corrected chi connectivity index (χ0v) is 30.0. The second-order valence-electron chi connectivity index (χ2n) is 16.0. The van der Waals surface area contributed by atoms with Gasteiger partial charge in [-0.1, -0.05) is 179 Å². The van der Waals surface area contributed by atoms with E-state index in [1.807, 2.05) is 0 Å². The molecule has 0 fully saturated rings. The molecule has 52 heavy (non-hydrogen) atoms. The Bertz CT molecular complexity index is 2950. The van der Waals surface area contributed by atoms with Crippen LogP contribution in [0.2, 0.25) is 0 Å². The monoisotopic (exact) mass is 662 g/mol. The summed E-state index contributed by atoms with van der Waals surface area (Å²) in [6.07, 6.45) is 0. The van der Waals surface area contributed by atoms with E-state index in [1.54, 1.807) is 0 Å². The van der Waals surface area contributed by atoms with Crippen molar-refractivity contribution in [3.8, 4) is 44.5 Å². The van der Waals surface area contributed by atoms with Gasteiger partial charge >= 0.3 is 0 Å². The van der Waals surface area contributed by atoms with Crippen molar-refractivity contribution in [1.82, 2.24) is 0 Å². The van der Waals surface area contributed by atoms with Gasteiger partial charge < -0.3 is 0 Å². The summed E-state index contributed by atoms with van der Waals surface area (Å²) >= 11 is 0. The van der Waals surface area contributed by atoms with Crippen LogP contribution in [-0.2, 0) is 10.8 Å². The van der Waals surface area contributed by atoms with Crippen molar-refractivity contribution in [2.75, 3.05) is 0 Å². The fourth-order valence-corrected chi connectivity index (χ4v) is 10.3. The summed E-state index contributed by atoms with van der Waals surface area (Å²) < 4.78 is 0. The van der Waals surface area contributed by atoms with Gasteiger partial charge in [-0.2, -0.15) is 0 Å². The molecule has 0 spiro atoms. The Kier molecular flexibility index (Phi) is 5.89. The normalized spacial score (nSPS) is 14.8. The number of benzene rings is 9. The largest absolute Gasteiger partial charge is 0.0619 e. The summed E-state index contributed by atoms with van der Waals surface area (Å²) in [6.45, 7) is 9.61. The SMILES string of the molecule is CC1(C)c2ccccc2-c2c1cc(-c1c3ccccc3c(-c3cccc4c3-c3ccc5ccccc5c3C4(C)C)c3ccccc13)c1ccccc21. The summed E-state index contributed by atoms with van der Waals surface area (Å²) in [4.78, 5) is 0. The molecule has 0 bridgehead atoms. The van der Waals surface area contributed by atoms with Crippen molar-refractivity contribution in [3.05, 3.63) is 180 Å². The summed E-state index contributed by atoms with van der Waals surface area (Å²) in [5.41, 5.74) is 16.2. The van der Waals surface area contributed by atoms with Gasteiger partial charge in [0.05, 0.1) is 0 Å². The summed E-state index contributed by atoms with van der Waals surface area (Å²) in [5, 5.41) is 10.5. The molecule has 0 heteroatoms. The fourth-order valence-electron chi connectivity index (χ4n) is 10.3. The molecular formula is C52H38. The lowest BCUT2D eigenvalue weighted by Crippen LogP contribution is -2.15. The zero-order valence-electron chi connectivity index (χ0n) is 30.0. The highest BCUT2D eigenvalue weighted by atomic mass is 14.4. The lowest BCUT2D eigenvalue weighted by Gasteiger charge is -2.25. The first kappa shape index (κ1) is 29.7. The van der Waals surface area contributed by atoms with Gasteiger partial charge in [-0.05, 0) is 116 Å². The van der Waals surface area contributed by atoms with Gasteiger partial charge in [0.1, 0.15) is 0 Å². The van der Waals surface area contributed by atoms with Crippen LogP contribution < -0.4 is 0 Å². The first-order valence-corrected chi connectivity index (χ1v) is 18.6. The van der Waals surface area contributed by atoms with Gasteiger partial charge in [0, 0.05) is 10.8 Å². The van der Waals surface area contributed by atoms with Crippen molar-refractivity contribution in [1.29, 1.82) is 0 Å². The van der Waals surface area contributed by atoms with Crippen LogP contribution in [-0.4, -0.2) is 0 Å². The van der Waals surface area contributed by atoms with E-state index in [1.165, 1.54) is 110 Å². The third kappa shape index (κ3) is 3.72. The first-order chi connectivity index (χ1) is 25.4. The Morgan fingerprint density at radius 2 is 0.788 bits per heavy atom. The zero-order chi connectivity index (χ0) is 34.9. The molecule has 0 aliphatic heterocycles. The maximum atomic E-state index is 2.54. The molecule has 11 rings (SSSR count). The van der Waals surface area contributed by atoms with Crippen LogP contribution in [0.5, 0.6) is 0 Å². The van der Waals surface area contributed by atoms with Gasteiger partial charge in [0.25, 0.3) is 0 Å². The average molecular weight is 663 g/mol. The van der Waals surface area contributed by atoms with Gasteiger partial charge in [-0.15, -0.1) is 0 Å². The summed E-state index contributed by atoms with van der Waals surface area (Å²) in [7, 11) is 0.